The van der Waals surface area contributed by atoms with E-state index in [1.54, 1.807) is 20.9 Å². The van der Waals surface area contributed by atoms with Crippen LogP contribution in [0, 0.1) is 0 Å². The Morgan fingerprint density at radius 2 is 2.25 bits per heavy atom. The van der Waals surface area contributed by atoms with Gasteiger partial charge in [-0.25, -0.2) is 4.39 Å². The predicted octanol–water partition coefficient (Wildman–Crippen LogP) is 0.563. The van der Waals surface area contributed by atoms with E-state index in [1.807, 2.05) is 0 Å². The highest BCUT2D eigenvalue weighted by atomic mass is 19.1. The van der Waals surface area contributed by atoms with E-state index in [0.29, 0.717) is 0 Å². The highest BCUT2D eigenvalue weighted by molar-refractivity contribution is 5.04. The third-order valence-electron chi connectivity index (χ3n) is 1.53. The second-order valence-corrected chi connectivity index (χ2v) is 3.50. The molecule has 0 saturated heterocycles. The summed E-state index contributed by atoms with van der Waals surface area (Å²) in [6, 6.07) is 0. The molecule has 1 atom stereocenters. The molecule has 0 aliphatic heterocycles. The van der Waals surface area contributed by atoms with Crippen molar-refractivity contribution in [3.8, 4) is 0 Å². The standard InChI is InChI=1S/C7H13FN4/c1-7(2,9)6(8)5-4-12(3)11-10-5/h4,6H,9H2,1-3H3. The molecule has 12 heavy (non-hydrogen) atoms. The largest absolute Gasteiger partial charge is 0.323 e. The highest BCUT2D eigenvalue weighted by Crippen LogP contribution is 2.24. The fourth-order valence-electron chi connectivity index (χ4n) is 0.863. The van der Waals surface area contributed by atoms with Gasteiger partial charge in [0, 0.05) is 12.6 Å². The van der Waals surface area contributed by atoms with Crippen LogP contribution in [0.15, 0.2) is 6.20 Å². The number of aryl methyl sites for hydroxylation is 1. The molecule has 1 heterocycles. The second-order valence-electron chi connectivity index (χ2n) is 3.50. The minimum atomic E-state index is -1.27. The Labute approximate surface area is 70.6 Å². The maximum atomic E-state index is 13.4. The first-order valence-corrected chi connectivity index (χ1v) is 3.70. The van der Waals surface area contributed by atoms with Crippen LogP contribution in [-0.2, 0) is 7.05 Å². The van der Waals surface area contributed by atoms with Crippen molar-refractivity contribution in [2.45, 2.75) is 25.6 Å². The van der Waals surface area contributed by atoms with Gasteiger partial charge in [-0.05, 0) is 13.8 Å². The van der Waals surface area contributed by atoms with Crippen LogP contribution in [0.4, 0.5) is 4.39 Å². The van der Waals surface area contributed by atoms with Crippen LogP contribution in [0.25, 0.3) is 0 Å². The normalized spacial score (nSPS) is 14.8. The van der Waals surface area contributed by atoms with Gasteiger partial charge < -0.3 is 5.73 Å². The molecule has 0 aliphatic rings. The monoisotopic (exact) mass is 172 g/mol. The molecule has 1 unspecified atom stereocenters. The lowest BCUT2D eigenvalue weighted by Gasteiger charge is -2.21. The van der Waals surface area contributed by atoms with Crippen molar-refractivity contribution < 1.29 is 4.39 Å². The number of nitrogens with two attached hydrogens (primary N) is 1. The number of hydrogen-bond acceptors (Lipinski definition) is 3. The van der Waals surface area contributed by atoms with Gasteiger partial charge in [0.1, 0.15) is 5.69 Å². The first-order chi connectivity index (χ1) is 5.41. The van der Waals surface area contributed by atoms with E-state index >= 15 is 0 Å². The SMILES string of the molecule is Cn1cc(C(F)C(C)(C)N)nn1. The van der Waals surface area contributed by atoms with Crippen molar-refractivity contribution >= 4 is 0 Å². The first-order valence-electron chi connectivity index (χ1n) is 3.70. The van der Waals surface area contributed by atoms with Gasteiger partial charge in [-0.2, -0.15) is 0 Å². The zero-order valence-corrected chi connectivity index (χ0v) is 7.45. The van der Waals surface area contributed by atoms with Gasteiger partial charge in [0.2, 0.25) is 0 Å². The van der Waals surface area contributed by atoms with Gasteiger partial charge in [-0.3, -0.25) is 4.68 Å². The Hall–Kier alpha value is -0.970. The zero-order chi connectivity index (χ0) is 9.35. The molecule has 0 radical (unpaired) electrons. The lowest BCUT2D eigenvalue weighted by atomic mass is 9.98. The molecule has 1 rings (SSSR count). The number of halogens is 1. The summed E-state index contributed by atoms with van der Waals surface area (Å²) in [6.45, 7) is 3.23. The molecule has 0 spiro atoms. The fraction of sp³-hybridized carbons (Fsp3) is 0.714. The Bertz CT molecular complexity index is 263. The average molecular weight is 172 g/mol. The third kappa shape index (κ3) is 1.79. The number of nitrogens with zero attached hydrogens (tertiary/aromatic N) is 3. The number of alkyl halides is 1. The molecule has 0 saturated carbocycles. The van der Waals surface area contributed by atoms with Gasteiger partial charge in [0.15, 0.2) is 6.17 Å². The molecular formula is C7H13FN4. The van der Waals surface area contributed by atoms with Gasteiger partial charge in [-0.15, -0.1) is 5.10 Å². The van der Waals surface area contributed by atoms with Crippen LogP contribution in [-0.4, -0.2) is 20.5 Å². The molecule has 0 fully saturated rings. The number of rotatable bonds is 2. The van der Waals surface area contributed by atoms with Gasteiger partial charge in [-0.1, -0.05) is 5.21 Å². The van der Waals surface area contributed by atoms with E-state index in [1.165, 1.54) is 10.9 Å². The van der Waals surface area contributed by atoms with Crippen LogP contribution in [0.2, 0.25) is 0 Å². The molecule has 0 aliphatic carbocycles. The molecule has 1 aromatic rings. The molecule has 4 nitrogen and oxygen atoms in total. The summed E-state index contributed by atoms with van der Waals surface area (Å²) in [5.74, 6) is 0. The Kier molecular flexibility index (Phi) is 2.14. The molecule has 0 aromatic carbocycles. The fourth-order valence-corrected chi connectivity index (χ4v) is 0.863. The smallest absolute Gasteiger partial charge is 0.163 e. The molecule has 0 amide bonds. The van der Waals surface area contributed by atoms with Gasteiger partial charge in [0.25, 0.3) is 0 Å². The summed E-state index contributed by atoms with van der Waals surface area (Å²) in [5.41, 5.74) is 4.94. The Balaban J connectivity index is 2.85. The molecular weight excluding hydrogens is 159 g/mol. The predicted molar refractivity (Wildman–Crippen MR) is 43.1 cm³/mol. The van der Waals surface area contributed by atoms with Crippen molar-refractivity contribution in [3.05, 3.63) is 11.9 Å². The highest BCUT2D eigenvalue weighted by Gasteiger charge is 2.28. The Morgan fingerprint density at radius 1 is 1.67 bits per heavy atom. The lowest BCUT2D eigenvalue weighted by molar-refractivity contribution is 0.218. The Morgan fingerprint density at radius 3 is 2.58 bits per heavy atom. The average Bonchev–Trinajstić information content (AvgIpc) is 2.32. The number of hydrogen-bond donors (Lipinski definition) is 1. The van der Waals surface area contributed by atoms with E-state index in [0.717, 1.165) is 0 Å². The van der Waals surface area contributed by atoms with Crippen LogP contribution in [0.3, 0.4) is 0 Å². The van der Waals surface area contributed by atoms with Crippen LogP contribution in [0.1, 0.15) is 25.7 Å². The third-order valence-corrected chi connectivity index (χ3v) is 1.53. The lowest BCUT2D eigenvalue weighted by Crippen LogP contribution is -2.37. The van der Waals surface area contributed by atoms with Crippen molar-refractivity contribution in [3.63, 3.8) is 0 Å². The quantitative estimate of drug-likeness (QED) is 0.709. The van der Waals surface area contributed by atoms with E-state index in [-0.39, 0.29) is 5.69 Å². The van der Waals surface area contributed by atoms with Crippen molar-refractivity contribution in [1.82, 2.24) is 15.0 Å². The molecule has 0 bridgehead atoms. The first kappa shape index (κ1) is 9.12. The molecule has 2 N–H and O–H groups in total. The summed E-state index contributed by atoms with van der Waals surface area (Å²) in [5, 5.41) is 7.26. The topological polar surface area (TPSA) is 56.7 Å². The summed E-state index contributed by atoms with van der Waals surface area (Å²) in [7, 11) is 1.69. The van der Waals surface area contributed by atoms with Crippen LogP contribution < -0.4 is 5.73 Å². The van der Waals surface area contributed by atoms with Crippen molar-refractivity contribution in [1.29, 1.82) is 0 Å². The van der Waals surface area contributed by atoms with Gasteiger partial charge >= 0.3 is 0 Å². The van der Waals surface area contributed by atoms with Crippen molar-refractivity contribution in [2.24, 2.45) is 12.8 Å². The molecule has 5 heteroatoms. The van der Waals surface area contributed by atoms with Gasteiger partial charge in [0.05, 0.1) is 6.20 Å². The summed E-state index contributed by atoms with van der Waals surface area (Å²) >= 11 is 0. The molecule has 68 valence electrons. The summed E-state index contributed by atoms with van der Waals surface area (Å²) < 4.78 is 14.9. The van der Waals surface area contributed by atoms with E-state index in [2.05, 4.69) is 10.3 Å². The second kappa shape index (κ2) is 2.82. The van der Waals surface area contributed by atoms with Crippen molar-refractivity contribution in [2.75, 3.05) is 0 Å². The van der Waals surface area contributed by atoms with Crippen LogP contribution >= 0.6 is 0 Å². The zero-order valence-electron chi connectivity index (χ0n) is 7.45. The maximum absolute atomic E-state index is 13.4. The van der Waals surface area contributed by atoms with E-state index in [9.17, 15) is 4.39 Å². The minimum absolute atomic E-state index is 0.282. The maximum Gasteiger partial charge on any atom is 0.163 e. The minimum Gasteiger partial charge on any atom is -0.323 e. The van der Waals surface area contributed by atoms with E-state index < -0.39 is 11.7 Å². The molecule has 1 aromatic heterocycles. The van der Waals surface area contributed by atoms with E-state index in [4.69, 9.17) is 5.73 Å². The summed E-state index contributed by atoms with van der Waals surface area (Å²) in [6.07, 6.45) is 0.255. The number of aromatic nitrogens is 3. The van der Waals surface area contributed by atoms with Crippen LogP contribution in [0.5, 0.6) is 0 Å². The summed E-state index contributed by atoms with van der Waals surface area (Å²) in [4.78, 5) is 0.